The Morgan fingerprint density at radius 2 is 2.20 bits per heavy atom. The zero-order valence-corrected chi connectivity index (χ0v) is 10.8. The molecule has 3 nitrogen and oxygen atoms in total. The average Bonchev–Trinajstić information content (AvgIpc) is 2.50. The van der Waals surface area contributed by atoms with Crippen molar-refractivity contribution in [3.8, 4) is 0 Å². The quantitative estimate of drug-likeness (QED) is 0.858. The lowest BCUT2D eigenvalue weighted by Crippen LogP contribution is -2.43. The van der Waals surface area contributed by atoms with Crippen molar-refractivity contribution in [2.24, 2.45) is 0 Å². The van der Waals surface area contributed by atoms with Gasteiger partial charge in [0.25, 0.3) is 5.91 Å². The van der Waals surface area contributed by atoms with Crippen LogP contribution in [0.4, 0.5) is 0 Å². The summed E-state index contributed by atoms with van der Waals surface area (Å²) in [5.74, 6) is 0.961. The number of hydrogen-bond donors (Lipinski definition) is 1. The molecule has 0 aliphatic heterocycles. The molecule has 84 valence electrons. The SMILES string of the molecule is Cc1ccc(C(=O)NC(C)(C)CCBr)o1. The largest absolute Gasteiger partial charge is 0.456 e. The Hall–Kier alpha value is -0.770. The van der Waals surface area contributed by atoms with Gasteiger partial charge in [-0.15, -0.1) is 0 Å². The standard InChI is InChI=1S/C11H16BrNO2/c1-8-4-5-9(15-8)10(14)13-11(2,3)6-7-12/h4-5H,6-7H2,1-3H3,(H,13,14). The van der Waals surface area contributed by atoms with Crippen LogP contribution in [-0.4, -0.2) is 16.8 Å². The van der Waals surface area contributed by atoms with Crippen LogP contribution in [-0.2, 0) is 0 Å². The highest BCUT2D eigenvalue weighted by molar-refractivity contribution is 9.09. The summed E-state index contributed by atoms with van der Waals surface area (Å²) in [6.45, 7) is 5.80. The highest BCUT2D eigenvalue weighted by Gasteiger charge is 2.21. The number of hydrogen-bond acceptors (Lipinski definition) is 2. The molecule has 1 rings (SSSR count). The summed E-state index contributed by atoms with van der Waals surface area (Å²) < 4.78 is 5.25. The van der Waals surface area contributed by atoms with E-state index in [1.165, 1.54) is 0 Å². The summed E-state index contributed by atoms with van der Waals surface area (Å²) in [5.41, 5.74) is -0.221. The number of aryl methyl sites for hydroxylation is 1. The number of furan rings is 1. The normalized spacial score (nSPS) is 11.5. The van der Waals surface area contributed by atoms with Gasteiger partial charge in [-0.2, -0.15) is 0 Å². The van der Waals surface area contributed by atoms with Crippen molar-refractivity contribution in [2.75, 3.05) is 5.33 Å². The fourth-order valence-corrected chi connectivity index (χ4v) is 2.22. The van der Waals surface area contributed by atoms with Crippen molar-refractivity contribution in [3.05, 3.63) is 23.7 Å². The van der Waals surface area contributed by atoms with Crippen molar-refractivity contribution in [1.82, 2.24) is 5.32 Å². The topological polar surface area (TPSA) is 42.2 Å². The molecule has 0 fully saturated rings. The Morgan fingerprint density at radius 3 is 2.67 bits per heavy atom. The number of nitrogens with one attached hydrogen (secondary N) is 1. The van der Waals surface area contributed by atoms with Crippen LogP contribution < -0.4 is 5.32 Å². The zero-order chi connectivity index (χ0) is 11.5. The molecule has 0 spiro atoms. The molecule has 4 heteroatoms. The van der Waals surface area contributed by atoms with E-state index in [0.717, 1.165) is 17.5 Å². The van der Waals surface area contributed by atoms with Crippen molar-refractivity contribution < 1.29 is 9.21 Å². The van der Waals surface area contributed by atoms with E-state index in [1.54, 1.807) is 12.1 Å². The van der Waals surface area contributed by atoms with Gasteiger partial charge in [-0.25, -0.2) is 0 Å². The average molecular weight is 274 g/mol. The first-order chi connectivity index (χ1) is 6.94. The van der Waals surface area contributed by atoms with Crippen LogP contribution in [0.1, 0.15) is 36.6 Å². The molecule has 0 saturated heterocycles. The summed E-state index contributed by atoms with van der Waals surface area (Å²) in [7, 11) is 0. The molecule has 0 aliphatic rings. The summed E-state index contributed by atoms with van der Waals surface area (Å²) in [4.78, 5) is 11.7. The van der Waals surface area contributed by atoms with Crippen LogP contribution in [0.3, 0.4) is 0 Å². The maximum atomic E-state index is 11.7. The van der Waals surface area contributed by atoms with Gasteiger partial charge >= 0.3 is 0 Å². The molecule has 0 bridgehead atoms. The van der Waals surface area contributed by atoms with Gasteiger partial charge in [0.1, 0.15) is 5.76 Å². The molecule has 1 heterocycles. The summed E-state index contributed by atoms with van der Waals surface area (Å²) in [6.07, 6.45) is 0.873. The molecule has 0 aromatic carbocycles. The molecule has 0 saturated carbocycles. The van der Waals surface area contributed by atoms with Crippen LogP contribution in [0.2, 0.25) is 0 Å². The van der Waals surface area contributed by atoms with E-state index in [1.807, 2.05) is 20.8 Å². The van der Waals surface area contributed by atoms with E-state index in [4.69, 9.17) is 4.42 Å². The third-order valence-electron chi connectivity index (χ3n) is 2.14. The van der Waals surface area contributed by atoms with E-state index < -0.39 is 0 Å². The number of carbonyl (C=O) groups is 1. The number of carbonyl (C=O) groups excluding carboxylic acids is 1. The molecule has 0 radical (unpaired) electrons. The molecular formula is C11H16BrNO2. The summed E-state index contributed by atoms with van der Waals surface area (Å²) in [6, 6.07) is 3.47. The van der Waals surface area contributed by atoms with Gasteiger partial charge in [-0.05, 0) is 39.3 Å². The summed E-state index contributed by atoms with van der Waals surface area (Å²) in [5, 5.41) is 3.78. The minimum absolute atomic E-state index is 0.158. The summed E-state index contributed by atoms with van der Waals surface area (Å²) >= 11 is 3.36. The number of halogens is 1. The molecule has 0 aliphatic carbocycles. The van der Waals surface area contributed by atoms with Crippen molar-refractivity contribution in [2.45, 2.75) is 32.7 Å². The van der Waals surface area contributed by atoms with E-state index in [2.05, 4.69) is 21.2 Å². The highest BCUT2D eigenvalue weighted by atomic mass is 79.9. The Balaban J connectivity index is 2.63. The van der Waals surface area contributed by atoms with Crippen molar-refractivity contribution in [1.29, 1.82) is 0 Å². The third kappa shape index (κ3) is 3.70. The molecule has 1 aromatic heterocycles. The first-order valence-corrected chi connectivity index (χ1v) is 6.02. The first kappa shape index (κ1) is 12.3. The van der Waals surface area contributed by atoms with E-state index in [-0.39, 0.29) is 11.4 Å². The van der Waals surface area contributed by atoms with Crippen LogP contribution in [0.25, 0.3) is 0 Å². The van der Waals surface area contributed by atoms with E-state index in [9.17, 15) is 4.79 Å². The third-order valence-corrected chi connectivity index (χ3v) is 2.53. The minimum Gasteiger partial charge on any atom is -0.456 e. The minimum atomic E-state index is -0.221. The predicted molar refractivity (Wildman–Crippen MR) is 63.4 cm³/mol. The van der Waals surface area contributed by atoms with Gasteiger partial charge in [0.15, 0.2) is 5.76 Å². The highest BCUT2D eigenvalue weighted by Crippen LogP contribution is 2.13. The monoisotopic (exact) mass is 273 g/mol. The Kier molecular flexibility index (Phi) is 3.97. The van der Waals surface area contributed by atoms with Crippen LogP contribution >= 0.6 is 15.9 Å². The second kappa shape index (κ2) is 4.84. The lowest BCUT2D eigenvalue weighted by molar-refractivity contribution is 0.0882. The Bertz CT molecular complexity index is 344. The van der Waals surface area contributed by atoms with E-state index in [0.29, 0.717) is 5.76 Å². The first-order valence-electron chi connectivity index (χ1n) is 4.89. The maximum absolute atomic E-state index is 11.7. The lowest BCUT2D eigenvalue weighted by Gasteiger charge is -2.24. The van der Waals surface area contributed by atoms with Crippen LogP contribution in [0.15, 0.2) is 16.5 Å². The van der Waals surface area contributed by atoms with Gasteiger partial charge < -0.3 is 9.73 Å². The second-order valence-electron chi connectivity index (χ2n) is 4.19. The predicted octanol–water partition coefficient (Wildman–Crippen LogP) is 2.88. The fourth-order valence-electron chi connectivity index (χ4n) is 1.22. The van der Waals surface area contributed by atoms with Gasteiger partial charge in [0, 0.05) is 10.9 Å². The van der Waals surface area contributed by atoms with Gasteiger partial charge in [0.2, 0.25) is 0 Å². The molecule has 0 unspecified atom stereocenters. The zero-order valence-electron chi connectivity index (χ0n) is 9.26. The Morgan fingerprint density at radius 1 is 1.53 bits per heavy atom. The fraction of sp³-hybridized carbons (Fsp3) is 0.545. The smallest absolute Gasteiger partial charge is 0.287 e. The van der Waals surface area contributed by atoms with Crippen LogP contribution in [0, 0.1) is 6.92 Å². The van der Waals surface area contributed by atoms with Gasteiger partial charge in [-0.1, -0.05) is 15.9 Å². The molecule has 1 aromatic rings. The van der Waals surface area contributed by atoms with Crippen molar-refractivity contribution >= 4 is 21.8 Å². The molecule has 15 heavy (non-hydrogen) atoms. The number of alkyl halides is 1. The van der Waals surface area contributed by atoms with Crippen LogP contribution in [0.5, 0.6) is 0 Å². The van der Waals surface area contributed by atoms with Gasteiger partial charge in [0.05, 0.1) is 0 Å². The Labute approximate surface area is 98.4 Å². The van der Waals surface area contributed by atoms with E-state index >= 15 is 0 Å². The molecule has 1 amide bonds. The maximum Gasteiger partial charge on any atom is 0.287 e. The second-order valence-corrected chi connectivity index (χ2v) is 4.98. The molecular weight excluding hydrogens is 258 g/mol. The lowest BCUT2D eigenvalue weighted by atomic mass is 10.0. The molecule has 1 N–H and O–H groups in total. The van der Waals surface area contributed by atoms with Crippen molar-refractivity contribution in [3.63, 3.8) is 0 Å². The molecule has 0 atom stereocenters. The number of amides is 1. The van der Waals surface area contributed by atoms with Gasteiger partial charge in [-0.3, -0.25) is 4.79 Å². The number of rotatable bonds is 4.